The second-order valence-electron chi connectivity index (χ2n) is 8.87. The first kappa shape index (κ1) is 26.4. The average molecular weight is 544 g/mol. The lowest BCUT2D eigenvalue weighted by Crippen LogP contribution is -2.49. The minimum Gasteiger partial charge on any atom is -0.376 e. The molecular formula is C24H42IN5O. The summed E-state index contributed by atoms with van der Waals surface area (Å²) in [5.74, 6) is 2.24. The Morgan fingerprint density at radius 1 is 1.13 bits per heavy atom. The molecule has 6 nitrogen and oxygen atoms in total. The number of halogens is 1. The molecule has 0 saturated carbocycles. The lowest BCUT2D eigenvalue weighted by Gasteiger charge is -2.35. The number of benzene rings is 1. The summed E-state index contributed by atoms with van der Waals surface area (Å²) in [6.45, 7) is 16.3. The van der Waals surface area contributed by atoms with E-state index >= 15 is 0 Å². The van der Waals surface area contributed by atoms with Crippen molar-refractivity contribution in [1.29, 1.82) is 0 Å². The van der Waals surface area contributed by atoms with E-state index in [9.17, 15) is 0 Å². The Morgan fingerprint density at radius 2 is 1.84 bits per heavy atom. The molecule has 0 aromatic heterocycles. The van der Waals surface area contributed by atoms with Crippen LogP contribution in [0.1, 0.15) is 25.8 Å². The van der Waals surface area contributed by atoms with Crippen LogP contribution in [0.4, 0.5) is 0 Å². The van der Waals surface area contributed by atoms with Gasteiger partial charge in [-0.05, 0) is 24.4 Å². The fourth-order valence-corrected chi connectivity index (χ4v) is 4.47. The highest BCUT2D eigenvalue weighted by Crippen LogP contribution is 2.17. The minimum atomic E-state index is 0. The maximum Gasteiger partial charge on any atom is 0.193 e. The third-order valence-electron chi connectivity index (χ3n) is 6.35. The number of nitrogens with zero attached hydrogens (tertiary/aromatic N) is 4. The highest BCUT2D eigenvalue weighted by Gasteiger charge is 2.25. The summed E-state index contributed by atoms with van der Waals surface area (Å²) in [6.07, 6.45) is 1.17. The van der Waals surface area contributed by atoms with Gasteiger partial charge in [-0.1, -0.05) is 44.2 Å². The Labute approximate surface area is 206 Å². The molecule has 2 fully saturated rings. The van der Waals surface area contributed by atoms with E-state index < -0.39 is 0 Å². The molecule has 1 aromatic carbocycles. The van der Waals surface area contributed by atoms with Gasteiger partial charge in [-0.3, -0.25) is 4.99 Å². The third-order valence-corrected chi connectivity index (χ3v) is 6.35. The monoisotopic (exact) mass is 543 g/mol. The van der Waals surface area contributed by atoms with Crippen LogP contribution in [0.3, 0.4) is 0 Å². The molecule has 2 heterocycles. The molecule has 2 aliphatic rings. The van der Waals surface area contributed by atoms with Crippen molar-refractivity contribution in [3.63, 3.8) is 0 Å². The van der Waals surface area contributed by atoms with Gasteiger partial charge < -0.3 is 24.8 Å². The first-order valence-electron chi connectivity index (χ1n) is 11.7. The molecule has 0 spiro atoms. The number of nitrogens with one attached hydrogen (secondary N) is 1. The van der Waals surface area contributed by atoms with Crippen molar-refractivity contribution >= 4 is 29.9 Å². The van der Waals surface area contributed by atoms with E-state index in [0.29, 0.717) is 18.4 Å². The second kappa shape index (κ2) is 14.3. The van der Waals surface area contributed by atoms with Crippen molar-refractivity contribution in [1.82, 2.24) is 20.0 Å². The Kier molecular flexibility index (Phi) is 12.1. The van der Waals surface area contributed by atoms with Gasteiger partial charge >= 0.3 is 0 Å². The molecule has 0 radical (unpaired) electrons. The van der Waals surface area contributed by atoms with Crippen LogP contribution in [-0.4, -0.2) is 93.2 Å². The van der Waals surface area contributed by atoms with E-state index in [0.717, 1.165) is 38.7 Å². The Bertz CT molecular complexity index is 636. The average Bonchev–Trinajstić information content (AvgIpc) is 3.24. The summed E-state index contributed by atoms with van der Waals surface area (Å²) >= 11 is 0. The fourth-order valence-electron chi connectivity index (χ4n) is 4.47. The summed E-state index contributed by atoms with van der Waals surface area (Å²) in [4.78, 5) is 12.1. The molecule has 0 bridgehead atoms. The maximum atomic E-state index is 5.97. The van der Waals surface area contributed by atoms with E-state index in [1.54, 1.807) is 0 Å². The molecule has 2 atom stereocenters. The van der Waals surface area contributed by atoms with Gasteiger partial charge in [0.05, 0.1) is 13.2 Å². The standard InChI is InChI=1S/C24H41N5O.HI/c1-4-27-12-14-28(15-13-27)17-21(2)16-26-24(25-3)29-11-10-23(18-29)20-30-19-22-8-6-5-7-9-22;/h5-9,21,23H,4,10-20H2,1-3H3,(H,25,26);1H. The van der Waals surface area contributed by atoms with Crippen molar-refractivity contribution in [3.8, 4) is 0 Å². The first-order chi connectivity index (χ1) is 14.7. The highest BCUT2D eigenvalue weighted by molar-refractivity contribution is 14.0. The number of likely N-dealkylation sites (N-methyl/N-ethyl adjacent to an activating group) is 1. The molecule has 3 rings (SSSR count). The lowest BCUT2D eigenvalue weighted by molar-refractivity contribution is 0.0906. The molecule has 0 aliphatic carbocycles. The van der Waals surface area contributed by atoms with E-state index in [1.165, 1.54) is 44.7 Å². The summed E-state index contributed by atoms with van der Waals surface area (Å²) < 4.78 is 5.97. The quantitative estimate of drug-likeness (QED) is 0.295. The molecule has 2 aliphatic heterocycles. The van der Waals surface area contributed by atoms with Crippen molar-refractivity contribution < 1.29 is 4.74 Å². The van der Waals surface area contributed by atoms with Crippen molar-refractivity contribution in [3.05, 3.63) is 35.9 Å². The van der Waals surface area contributed by atoms with Gasteiger partial charge in [0.2, 0.25) is 0 Å². The van der Waals surface area contributed by atoms with E-state index in [-0.39, 0.29) is 24.0 Å². The molecule has 7 heteroatoms. The number of ether oxygens (including phenoxy) is 1. The lowest BCUT2D eigenvalue weighted by atomic mass is 10.1. The summed E-state index contributed by atoms with van der Waals surface area (Å²) in [5, 5.41) is 3.62. The number of hydrogen-bond donors (Lipinski definition) is 1. The molecule has 1 N–H and O–H groups in total. The van der Waals surface area contributed by atoms with Crippen LogP contribution in [0.5, 0.6) is 0 Å². The van der Waals surface area contributed by atoms with Crippen molar-refractivity contribution in [2.45, 2.75) is 26.9 Å². The highest BCUT2D eigenvalue weighted by atomic mass is 127. The smallest absolute Gasteiger partial charge is 0.193 e. The molecule has 2 unspecified atom stereocenters. The van der Waals surface area contributed by atoms with Crippen molar-refractivity contribution in [2.24, 2.45) is 16.8 Å². The van der Waals surface area contributed by atoms with E-state index in [2.05, 4.69) is 63.1 Å². The van der Waals surface area contributed by atoms with Gasteiger partial charge in [-0.25, -0.2) is 0 Å². The third kappa shape index (κ3) is 8.86. The molecule has 1 aromatic rings. The first-order valence-corrected chi connectivity index (χ1v) is 11.7. The van der Waals surface area contributed by atoms with E-state index in [1.807, 2.05) is 13.1 Å². The SMILES string of the molecule is CCN1CCN(CC(C)CNC(=NC)N2CCC(COCc3ccccc3)C2)CC1.I. The van der Waals surface area contributed by atoms with Crippen LogP contribution in [0.15, 0.2) is 35.3 Å². The summed E-state index contributed by atoms with van der Waals surface area (Å²) in [6, 6.07) is 10.4. The number of aliphatic imine (C=N–C) groups is 1. The van der Waals surface area contributed by atoms with Crippen LogP contribution in [0.2, 0.25) is 0 Å². The number of guanidine groups is 1. The largest absolute Gasteiger partial charge is 0.376 e. The summed E-state index contributed by atoms with van der Waals surface area (Å²) in [7, 11) is 1.90. The Balaban J connectivity index is 0.00000341. The molecule has 2 saturated heterocycles. The van der Waals surface area contributed by atoms with Gasteiger partial charge in [-0.2, -0.15) is 0 Å². The zero-order valence-corrected chi connectivity index (χ0v) is 22.0. The number of piperazine rings is 1. The van der Waals surface area contributed by atoms with Gasteiger partial charge in [0.15, 0.2) is 5.96 Å². The topological polar surface area (TPSA) is 43.3 Å². The van der Waals surface area contributed by atoms with Crippen LogP contribution in [0.25, 0.3) is 0 Å². The maximum absolute atomic E-state index is 5.97. The van der Waals surface area contributed by atoms with Crippen LogP contribution in [-0.2, 0) is 11.3 Å². The minimum absolute atomic E-state index is 0. The molecule has 0 amide bonds. The van der Waals surface area contributed by atoms with Crippen LogP contribution in [0, 0.1) is 11.8 Å². The van der Waals surface area contributed by atoms with Crippen molar-refractivity contribution in [2.75, 3.05) is 72.6 Å². The summed E-state index contributed by atoms with van der Waals surface area (Å²) in [5.41, 5.74) is 1.25. The van der Waals surface area contributed by atoms with Crippen LogP contribution >= 0.6 is 24.0 Å². The zero-order chi connectivity index (χ0) is 21.2. The molecular weight excluding hydrogens is 501 g/mol. The van der Waals surface area contributed by atoms with Gasteiger partial charge in [0.25, 0.3) is 0 Å². The number of rotatable bonds is 9. The molecule has 176 valence electrons. The predicted octanol–water partition coefficient (Wildman–Crippen LogP) is 2.99. The Morgan fingerprint density at radius 3 is 2.52 bits per heavy atom. The predicted molar refractivity (Wildman–Crippen MR) is 140 cm³/mol. The van der Waals surface area contributed by atoms with Gasteiger partial charge in [-0.15, -0.1) is 24.0 Å². The second-order valence-corrected chi connectivity index (χ2v) is 8.87. The molecule has 31 heavy (non-hydrogen) atoms. The van der Waals surface area contributed by atoms with Crippen LogP contribution < -0.4 is 5.32 Å². The Hall–Kier alpha value is -0.900. The zero-order valence-electron chi connectivity index (χ0n) is 19.6. The van der Waals surface area contributed by atoms with Gasteiger partial charge in [0, 0.05) is 65.3 Å². The van der Waals surface area contributed by atoms with Gasteiger partial charge in [0.1, 0.15) is 0 Å². The van der Waals surface area contributed by atoms with E-state index in [4.69, 9.17) is 4.74 Å². The fraction of sp³-hybridized carbons (Fsp3) is 0.708. The normalized spacial score (nSPS) is 21.7. The number of likely N-dealkylation sites (tertiary alicyclic amines) is 1. The number of hydrogen-bond acceptors (Lipinski definition) is 4.